The van der Waals surface area contributed by atoms with Gasteiger partial charge < -0.3 is 30.3 Å². The molecule has 0 saturated heterocycles. The highest BCUT2D eigenvalue weighted by molar-refractivity contribution is 5.96. The van der Waals surface area contributed by atoms with Crippen molar-refractivity contribution >= 4 is 23.3 Å². The minimum atomic E-state index is -1.30. The van der Waals surface area contributed by atoms with Gasteiger partial charge in [0.15, 0.2) is 12.4 Å². The zero-order valence-electron chi connectivity index (χ0n) is 24.6. The number of esters is 1. The molecule has 0 heterocycles. The number of fused-ring (bicyclic) bond motifs is 5. The lowest BCUT2D eigenvalue weighted by Gasteiger charge is -2.57. The Morgan fingerprint density at radius 1 is 1.17 bits per heavy atom. The number of amides is 1. The molecule has 0 aliphatic heterocycles. The quantitative estimate of drug-likeness (QED) is 0.177. The van der Waals surface area contributed by atoms with Gasteiger partial charge in [0, 0.05) is 12.5 Å². The fraction of sp³-hybridized carbons (Fsp3) is 0.645. The Kier molecular flexibility index (Phi) is 8.67. The number of nitrogens with zero attached hydrogens (tertiary/aromatic N) is 1. The molecule has 1 aromatic rings. The van der Waals surface area contributed by atoms with Crippen LogP contribution in [0.2, 0.25) is 0 Å². The number of rotatable bonds is 8. The molecule has 0 bridgehead atoms. The summed E-state index contributed by atoms with van der Waals surface area (Å²) in [6.45, 7) is 4.31. The third-order valence-corrected chi connectivity index (χ3v) is 10.9. The molecule has 3 saturated carbocycles. The molecule has 0 radical (unpaired) electrons. The van der Waals surface area contributed by atoms with E-state index in [4.69, 9.17) is 9.57 Å². The lowest BCUT2D eigenvalue weighted by Crippen LogP contribution is -2.99. The standard InChI is InChI=1S/C31H43N3O8/c1-30-12-10-20(16-19(30)5-6-21-22-7-9-27(36)31(22,2)13-11-23(21)30)33-42-17-28(37)32-24(29(38)41-3)14-18-4-8-26(35)25(15-18)34(39)40/h4,8,15-16,21-24,27,34-36,39H,5-7,9-14,17H2,1-3H3,(H,32,37)/t21-,22-,23+,24-,27-,30-,31-/m0/s1. The first-order valence-corrected chi connectivity index (χ1v) is 15.0. The second kappa shape index (κ2) is 11.9. The topological polar surface area (TPSA) is 165 Å². The predicted octanol–water partition coefficient (Wildman–Crippen LogP) is 2.69. The highest BCUT2D eigenvalue weighted by atomic mass is 16.8. The Morgan fingerprint density at radius 3 is 2.69 bits per heavy atom. The first-order valence-electron chi connectivity index (χ1n) is 15.0. The highest BCUT2D eigenvalue weighted by Crippen LogP contribution is 2.65. The van der Waals surface area contributed by atoms with E-state index in [0.717, 1.165) is 57.1 Å². The van der Waals surface area contributed by atoms with Crippen molar-refractivity contribution in [3.63, 3.8) is 0 Å². The van der Waals surface area contributed by atoms with Gasteiger partial charge in [-0.15, -0.1) is 0 Å². The van der Waals surface area contributed by atoms with Gasteiger partial charge in [-0.25, -0.2) is 10.0 Å². The number of carbonyl (C=O) groups excluding carboxylic acids is 2. The third kappa shape index (κ3) is 5.67. The van der Waals surface area contributed by atoms with E-state index in [9.17, 15) is 30.2 Å². The van der Waals surface area contributed by atoms with Gasteiger partial charge in [-0.05, 0) is 97.7 Å². The maximum absolute atomic E-state index is 12.6. The van der Waals surface area contributed by atoms with E-state index < -0.39 is 23.1 Å². The molecule has 5 N–H and O–H groups in total. The SMILES string of the molecule is COC(=O)[C@H](Cc1ccc(O)c([NH+]([O-])O)c1)NC(=O)CON=C1C=C2CC[C@@H]3[C@@H](CC[C@]4(C)[C@@H](O)CC[C@@H]34)[C@@]2(C)CC1. The molecule has 230 valence electrons. The molecule has 1 aromatic carbocycles. The van der Waals surface area contributed by atoms with Crippen LogP contribution in [0.5, 0.6) is 5.75 Å². The summed E-state index contributed by atoms with van der Waals surface area (Å²) in [5.74, 6) is 0.222. The van der Waals surface area contributed by atoms with Crippen molar-refractivity contribution in [2.24, 2.45) is 33.7 Å². The van der Waals surface area contributed by atoms with Crippen LogP contribution >= 0.6 is 0 Å². The van der Waals surface area contributed by atoms with E-state index >= 15 is 0 Å². The number of aliphatic hydroxyl groups excluding tert-OH is 1. The van der Waals surface area contributed by atoms with Crippen LogP contribution in [0.4, 0.5) is 5.69 Å². The molecule has 42 heavy (non-hydrogen) atoms. The van der Waals surface area contributed by atoms with Crippen molar-refractivity contribution in [2.45, 2.75) is 83.8 Å². The number of aromatic hydroxyl groups is 1. The van der Waals surface area contributed by atoms with E-state index in [1.54, 1.807) is 0 Å². The summed E-state index contributed by atoms with van der Waals surface area (Å²) >= 11 is 0. The molecule has 3 fully saturated rings. The van der Waals surface area contributed by atoms with Gasteiger partial charge in [0.25, 0.3) is 5.91 Å². The van der Waals surface area contributed by atoms with Gasteiger partial charge in [-0.1, -0.05) is 30.6 Å². The fourth-order valence-corrected chi connectivity index (χ4v) is 8.48. The Bertz CT molecular complexity index is 1260. The van der Waals surface area contributed by atoms with E-state index in [0.29, 0.717) is 23.3 Å². The molecule has 4 aliphatic rings. The number of quaternary nitrogens is 1. The van der Waals surface area contributed by atoms with Gasteiger partial charge >= 0.3 is 5.97 Å². The molecule has 11 nitrogen and oxygen atoms in total. The number of ether oxygens (including phenoxy) is 1. The average molecular weight is 586 g/mol. The number of hydrogen-bond acceptors (Lipinski definition) is 9. The summed E-state index contributed by atoms with van der Waals surface area (Å²) in [7, 11) is 1.20. The molecular formula is C31H43N3O8. The van der Waals surface area contributed by atoms with Crippen LogP contribution in [0.1, 0.15) is 70.8 Å². The van der Waals surface area contributed by atoms with Gasteiger partial charge in [0.1, 0.15) is 6.04 Å². The van der Waals surface area contributed by atoms with Crippen LogP contribution in [-0.2, 0) is 25.6 Å². The van der Waals surface area contributed by atoms with Crippen LogP contribution in [0.25, 0.3) is 0 Å². The van der Waals surface area contributed by atoms with Crippen molar-refractivity contribution in [3.8, 4) is 5.75 Å². The summed E-state index contributed by atoms with van der Waals surface area (Å²) in [4.78, 5) is 30.4. The van der Waals surface area contributed by atoms with Crippen molar-refractivity contribution < 1.29 is 39.8 Å². The lowest BCUT2D eigenvalue weighted by molar-refractivity contribution is -0.991. The minimum absolute atomic E-state index is 0.0285. The molecule has 4 aliphatic carbocycles. The van der Waals surface area contributed by atoms with Gasteiger partial charge in [-0.2, -0.15) is 5.23 Å². The molecule has 1 unspecified atom stereocenters. The summed E-state index contributed by atoms with van der Waals surface area (Å²) in [5.41, 5.74) is 2.53. The van der Waals surface area contributed by atoms with E-state index in [1.807, 2.05) is 0 Å². The number of methoxy groups -OCH3 is 1. The minimum Gasteiger partial charge on any atom is -0.595 e. The fourth-order valence-electron chi connectivity index (χ4n) is 8.48. The number of nitrogens with one attached hydrogen (secondary N) is 2. The smallest absolute Gasteiger partial charge is 0.328 e. The first kappa shape index (κ1) is 30.5. The number of hydrogen-bond donors (Lipinski definition) is 5. The third-order valence-electron chi connectivity index (χ3n) is 10.9. The number of benzene rings is 1. The second-order valence-electron chi connectivity index (χ2n) is 13.0. The summed E-state index contributed by atoms with van der Waals surface area (Å²) in [6, 6.07) is 2.89. The summed E-state index contributed by atoms with van der Waals surface area (Å²) in [5, 5.41) is 46.5. The highest BCUT2D eigenvalue weighted by Gasteiger charge is 2.58. The number of phenols is 1. The van der Waals surface area contributed by atoms with E-state index in [2.05, 4.69) is 30.4 Å². The van der Waals surface area contributed by atoms with E-state index in [-0.39, 0.29) is 41.4 Å². The number of phenolic OH excluding ortho intramolecular Hbond substituents is 1. The summed E-state index contributed by atoms with van der Waals surface area (Å²) < 4.78 is 4.81. The van der Waals surface area contributed by atoms with Crippen molar-refractivity contribution in [3.05, 3.63) is 40.6 Å². The molecular weight excluding hydrogens is 542 g/mol. The Balaban J connectivity index is 1.19. The maximum Gasteiger partial charge on any atom is 0.328 e. The second-order valence-corrected chi connectivity index (χ2v) is 13.0. The van der Waals surface area contributed by atoms with Crippen molar-refractivity contribution in [1.82, 2.24) is 5.32 Å². The maximum atomic E-state index is 12.6. The van der Waals surface area contributed by atoms with Crippen LogP contribution in [0.3, 0.4) is 0 Å². The molecule has 1 amide bonds. The van der Waals surface area contributed by atoms with Crippen molar-refractivity contribution in [2.75, 3.05) is 13.7 Å². The van der Waals surface area contributed by atoms with Gasteiger partial charge in [0.2, 0.25) is 5.69 Å². The van der Waals surface area contributed by atoms with E-state index in [1.165, 1.54) is 30.9 Å². The Labute approximate surface area is 246 Å². The molecule has 0 aromatic heterocycles. The van der Waals surface area contributed by atoms with Crippen LogP contribution in [0, 0.1) is 33.8 Å². The van der Waals surface area contributed by atoms with Crippen molar-refractivity contribution in [1.29, 1.82) is 0 Å². The zero-order chi connectivity index (χ0) is 30.2. The first-order chi connectivity index (χ1) is 20.0. The lowest BCUT2D eigenvalue weighted by atomic mass is 9.47. The Morgan fingerprint density at radius 2 is 1.95 bits per heavy atom. The van der Waals surface area contributed by atoms with Gasteiger partial charge in [-0.3, -0.25) is 4.79 Å². The molecule has 0 spiro atoms. The van der Waals surface area contributed by atoms with Crippen LogP contribution < -0.4 is 10.5 Å². The summed E-state index contributed by atoms with van der Waals surface area (Å²) in [6.07, 6.45) is 10.1. The van der Waals surface area contributed by atoms with Crippen LogP contribution in [-0.4, -0.2) is 58.9 Å². The Hall–Kier alpha value is -2.99. The number of allylic oxidation sites excluding steroid dienone is 2. The molecule has 11 heteroatoms. The predicted molar refractivity (Wildman–Crippen MR) is 153 cm³/mol. The number of oxime groups is 1. The monoisotopic (exact) mass is 585 g/mol. The molecule has 5 rings (SSSR count). The average Bonchev–Trinajstić information content (AvgIpc) is 3.27. The number of aliphatic hydroxyl groups is 1. The van der Waals surface area contributed by atoms with Gasteiger partial charge in [0.05, 0.1) is 18.9 Å². The molecule has 8 atom stereocenters. The van der Waals surface area contributed by atoms with Crippen LogP contribution in [0.15, 0.2) is 35.0 Å². The zero-order valence-corrected chi connectivity index (χ0v) is 24.6. The largest absolute Gasteiger partial charge is 0.595 e. The number of carbonyl (C=O) groups is 2. The normalized spacial score (nSPS) is 34.3.